The van der Waals surface area contributed by atoms with Crippen molar-refractivity contribution in [1.82, 2.24) is 0 Å². The summed E-state index contributed by atoms with van der Waals surface area (Å²) in [4.78, 5) is 4.17. The van der Waals surface area contributed by atoms with Crippen molar-refractivity contribution in [1.29, 1.82) is 0 Å². The Balaban J connectivity index is 0.00000200. The molecule has 20 heavy (non-hydrogen) atoms. The van der Waals surface area contributed by atoms with Crippen LogP contribution in [0.2, 0.25) is 10.0 Å². The first-order valence-electron chi connectivity index (χ1n) is 5.68. The summed E-state index contributed by atoms with van der Waals surface area (Å²) in [5.41, 5.74) is 7.47. The van der Waals surface area contributed by atoms with Gasteiger partial charge in [-0.15, -0.1) is 12.4 Å². The van der Waals surface area contributed by atoms with Crippen LogP contribution in [-0.2, 0) is 0 Å². The molecular formula is C15H13Cl3N2. The molecule has 104 valence electrons. The minimum atomic E-state index is 0. The number of hydrogen-bond acceptors (Lipinski definition) is 1. The average Bonchev–Trinajstić information content (AvgIpc) is 2.43. The second-order valence-electron chi connectivity index (χ2n) is 3.83. The number of amidine groups is 1. The molecule has 5 heteroatoms. The van der Waals surface area contributed by atoms with Gasteiger partial charge in [-0.05, 0) is 18.2 Å². The van der Waals surface area contributed by atoms with Crippen LogP contribution < -0.4 is 5.73 Å². The third-order valence-electron chi connectivity index (χ3n) is 2.52. The maximum Gasteiger partial charge on any atom is 0.130 e. The number of aliphatic imine (C=N–C) groups is 1. The normalized spacial score (nSPS) is 11.4. The lowest BCUT2D eigenvalue weighted by Crippen LogP contribution is -2.12. The standard InChI is InChI=1S/C15H12Cl2N2.ClH/c16-13-7-4-8-14(17)12(13)9-10-19-15(18)11-5-2-1-3-6-11;/h1-10H,(H2,18,19);1H/b10-9+;. The van der Waals surface area contributed by atoms with E-state index in [1.165, 1.54) is 0 Å². The fourth-order valence-corrected chi connectivity index (χ4v) is 2.07. The summed E-state index contributed by atoms with van der Waals surface area (Å²) in [6, 6.07) is 14.9. The van der Waals surface area contributed by atoms with Gasteiger partial charge in [0.25, 0.3) is 0 Å². The highest BCUT2D eigenvalue weighted by Gasteiger charge is 2.00. The number of hydrogen-bond donors (Lipinski definition) is 1. The van der Waals surface area contributed by atoms with Gasteiger partial charge in [0.1, 0.15) is 5.84 Å². The van der Waals surface area contributed by atoms with Crippen LogP contribution in [0.25, 0.3) is 6.08 Å². The lowest BCUT2D eigenvalue weighted by Gasteiger charge is -2.00. The van der Waals surface area contributed by atoms with Crippen LogP contribution in [0, 0.1) is 0 Å². The molecule has 0 bridgehead atoms. The molecule has 2 aromatic rings. The predicted octanol–water partition coefficient (Wildman–Crippen LogP) is 4.79. The van der Waals surface area contributed by atoms with Gasteiger partial charge in [-0.2, -0.15) is 0 Å². The van der Waals surface area contributed by atoms with Crippen LogP contribution in [0.4, 0.5) is 0 Å². The molecular weight excluding hydrogens is 315 g/mol. The van der Waals surface area contributed by atoms with Gasteiger partial charge < -0.3 is 5.73 Å². The van der Waals surface area contributed by atoms with E-state index in [2.05, 4.69) is 4.99 Å². The van der Waals surface area contributed by atoms with Crippen LogP contribution in [0.15, 0.2) is 59.7 Å². The van der Waals surface area contributed by atoms with Crippen LogP contribution in [0.1, 0.15) is 11.1 Å². The highest BCUT2D eigenvalue weighted by Crippen LogP contribution is 2.25. The maximum absolute atomic E-state index is 6.05. The fraction of sp³-hybridized carbons (Fsp3) is 0. The van der Waals surface area contributed by atoms with Gasteiger partial charge in [-0.25, -0.2) is 4.99 Å². The lowest BCUT2D eigenvalue weighted by atomic mass is 10.2. The molecule has 0 aliphatic rings. The molecule has 0 heterocycles. The summed E-state index contributed by atoms with van der Waals surface area (Å²) in [6.45, 7) is 0. The molecule has 2 nitrogen and oxygen atoms in total. The molecule has 2 aromatic carbocycles. The number of rotatable bonds is 3. The molecule has 0 aromatic heterocycles. The minimum absolute atomic E-state index is 0. The van der Waals surface area contributed by atoms with Crippen LogP contribution in [0.3, 0.4) is 0 Å². The van der Waals surface area contributed by atoms with Crippen molar-refractivity contribution < 1.29 is 0 Å². The van der Waals surface area contributed by atoms with Crippen molar-refractivity contribution in [2.45, 2.75) is 0 Å². The molecule has 0 radical (unpaired) electrons. The molecule has 0 aliphatic heterocycles. The SMILES string of the molecule is Cl.NC(=N/C=C/c1c(Cl)cccc1Cl)c1ccccc1. The van der Waals surface area contributed by atoms with Crippen molar-refractivity contribution in [3.8, 4) is 0 Å². The molecule has 0 saturated heterocycles. The van der Waals surface area contributed by atoms with Gasteiger partial charge in [-0.3, -0.25) is 0 Å². The topological polar surface area (TPSA) is 38.4 Å². The second-order valence-corrected chi connectivity index (χ2v) is 4.65. The quantitative estimate of drug-likeness (QED) is 0.638. The monoisotopic (exact) mass is 326 g/mol. The van der Waals surface area contributed by atoms with E-state index >= 15 is 0 Å². The highest BCUT2D eigenvalue weighted by atomic mass is 35.5. The minimum Gasteiger partial charge on any atom is -0.383 e. The van der Waals surface area contributed by atoms with Crippen molar-refractivity contribution >= 4 is 47.5 Å². The third-order valence-corrected chi connectivity index (χ3v) is 3.18. The molecule has 0 fully saturated rings. The van der Waals surface area contributed by atoms with Gasteiger partial charge in [0.2, 0.25) is 0 Å². The van der Waals surface area contributed by atoms with E-state index in [4.69, 9.17) is 28.9 Å². The van der Waals surface area contributed by atoms with Crippen molar-refractivity contribution in [2.75, 3.05) is 0 Å². The Bertz CT molecular complexity index is 602. The third kappa shape index (κ3) is 4.27. The van der Waals surface area contributed by atoms with E-state index < -0.39 is 0 Å². The zero-order valence-corrected chi connectivity index (χ0v) is 12.8. The van der Waals surface area contributed by atoms with E-state index in [9.17, 15) is 0 Å². The zero-order chi connectivity index (χ0) is 13.7. The van der Waals surface area contributed by atoms with Crippen LogP contribution >= 0.6 is 35.6 Å². The van der Waals surface area contributed by atoms with Gasteiger partial charge in [0.05, 0.1) is 0 Å². The second kappa shape index (κ2) is 7.95. The van der Waals surface area contributed by atoms with Gasteiger partial charge in [0.15, 0.2) is 0 Å². The Hall–Kier alpha value is -1.48. The molecule has 0 atom stereocenters. The molecule has 2 rings (SSSR count). The van der Waals surface area contributed by atoms with E-state index in [-0.39, 0.29) is 12.4 Å². The summed E-state index contributed by atoms with van der Waals surface area (Å²) in [5, 5.41) is 1.16. The lowest BCUT2D eigenvalue weighted by molar-refractivity contribution is 1.47. The van der Waals surface area contributed by atoms with Crippen molar-refractivity contribution in [3.63, 3.8) is 0 Å². The zero-order valence-electron chi connectivity index (χ0n) is 10.5. The number of benzene rings is 2. The summed E-state index contributed by atoms with van der Waals surface area (Å²) >= 11 is 12.1. The molecule has 0 unspecified atom stereocenters. The summed E-state index contributed by atoms with van der Waals surface area (Å²) in [6.07, 6.45) is 3.33. The molecule has 0 spiro atoms. The van der Waals surface area contributed by atoms with Crippen molar-refractivity contribution in [2.24, 2.45) is 10.7 Å². The molecule has 2 N–H and O–H groups in total. The van der Waals surface area contributed by atoms with E-state index in [1.54, 1.807) is 30.5 Å². The molecule has 0 aliphatic carbocycles. The maximum atomic E-state index is 6.05. The summed E-state index contributed by atoms with van der Waals surface area (Å²) in [7, 11) is 0. The highest BCUT2D eigenvalue weighted by molar-refractivity contribution is 6.37. The molecule has 0 saturated carbocycles. The average molecular weight is 328 g/mol. The van der Waals surface area contributed by atoms with Crippen LogP contribution in [0.5, 0.6) is 0 Å². The first-order chi connectivity index (χ1) is 9.18. The fourth-order valence-electron chi connectivity index (χ4n) is 1.55. The Morgan fingerprint density at radius 2 is 1.55 bits per heavy atom. The summed E-state index contributed by atoms with van der Waals surface area (Å²) in [5.74, 6) is 0.444. The predicted molar refractivity (Wildman–Crippen MR) is 89.9 cm³/mol. The van der Waals surface area contributed by atoms with E-state index in [0.717, 1.165) is 11.1 Å². The largest absolute Gasteiger partial charge is 0.383 e. The van der Waals surface area contributed by atoms with Gasteiger partial charge in [-0.1, -0.05) is 59.6 Å². The Labute approximate surface area is 134 Å². The van der Waals surface area contributed by atoms with Crippen LogP contribution in [-0.4, -0.2) is 5.84 Å². The van der Waals surface area contributed by atoms with Gasteiger partial charge in [0, 0.05) is 27.4 Å². The smallest absolute Gasteiger partial charge is 0.130 e. The van der Waals surface area contributed by atoms with Gasteiger partial charge >= 0.3 is 0 Å². The number of nitrogens with zero attached hydrogens (tertiary/aromatic N) is 1. The van der Waals surface area contributed by atoms with E-state index in [0.29, 0.717) is 15.9 Å². The summed E-state index contributed by atoms with van der Waals surface area (Å²) < 4.78 is 0. The Morgan fingerprint density at radius 1 is 0.950 bits per heavy atom. The number of halogens is 3. The molecule has 0 amide bonds. The number of nitrogens with two attached hydrogens (primary N) is 1. The first-order valence-corrected chi connectivity index (χ1v) is 6.43. The Morgan fingerprint density at radius 3 is 2.15 bits per heavy atom. The van der Waals surface area contributed by atoms with E-state index in [1.807, 2.05) is 30.3 Å². The first kappa shape index (κ1) is 16.6. The van der Waals surface area contributed by atoms with Crippen molar-refractivity contribution in [3.05, 3.63) is 75.9 Å². The Kier molecular flexibility index (Phi) is 6.59.